The minimum absolute atomic E-state index is 0.0677. The number of esters is 2. The molecule has 14 nitrogen and oxygen atoms in total. The van der Waals surface area contributed by atoms with Crippen molar-refractivity contribution in [3.8, 4) is 5.75 Å². The van der Waals surface area contributed by atoms with Crippen molar-refractivity contribution in [1.29, 1.82) is 0 Å². The number of fused-ring (bicyclic) bond motifs is 1. The van der Waals surface area contributed by atoms with Gasteiger partial charge in [-0.3, -0.25) is 28.5 Å². The van der Waals surface area contributed by atoms with Crippen LogP contribution in [-0.4, -0.2) is 57.3 Å². The Morgan fingerprint density at radius 3 is 2.56 bits per heavy atom. The molecule has 0 aliphatic heterocycles. The van der Waals surface area contributed by atoms with Crippen LogP contribution in [0.4, 0.5) is 5.95 Å². The molecule has 3 atom stereocenters. The van der Waals surface area contributed by atoms with Crippen molar-refractivity contribution in [1.82, 2.24) is 24.6 Å². The predicted octanol–water partition coefficient (Wildman–Crippen LogP) is 4.44. The first-order valence-corrected chi connectivity index (χ1v) is 16.5. The molecular weight excluding hydrogens is 603 g/mol. The van der Waals surface area contributed by atoms with E-state index in [0.717, 1.165) is 31.3 Å². The van der Waals surface area contributed by atoms with Crippen LogP contribution in [0.5, 0.6) is 5.75 Å². The standard InChI is InChI=1S/C30H41N6O8P/c1-5-10-22(11-6-2)16-41-28(39)20(3)35-45(40,44-24-12-8-7-9-13-24)43-18-30(17-42-21(4)37)14-23(30)15-36-19-32-25-26(36)33-29(31)34-27(25)38/h7-9,12-13,15,19-20,22H,5-6,10-11,14,16-18H2,1-4H3,(H,35,40)(H3,31,33,34,38)/b23-15-/t20?,30-,45?/m0/s1. The SMILES string of the molecule is CCCC(CCC)COC(=O)C(C)NP(=O)(OC[C@@]1(COC(C)=O)C/C1=C/n1cnc2c(=O)[nH]c(N)nc21)Oc1ccccc1. The maximum Gasteiger partial charge on any atom is 0.459 e. The molecule has 0 saturated heterocycles. The number of rotatable bonds is 17. The lowest BCUT2D eigenvalue weighted by Crippen LogP contribution is -2.36. The van der Waals surface area contributed by atoms with Crippen LogP contribution in [0.25, 0.3) is 17.4 Å². The van der Waals surface area contributed by atoms with Gasteiger partial charge in [0.25, 0.3) is 5.56 Å². The number of nitrogen functional groups attached to an aromatic ring is 1. The monoisotopic (exact) mass is 644 g/mol. The molecule has 0 spiro atoms. The lowest BCUT2D eigenvalue weighted by atomic mass is 9.99. The number of H-pyrrole nitrogens is 1. The Balaban J connectivity index is 1.54. The van der Waals surface area contributed by atoms with E-state index in [4.69, 9.17) is 24.3 Å². The molecule has 1 saturated carbocycles. The fourth-order valence-corrected chi connectivity index (χ4v) is 6.51. The highest BCUT2D eigenvalue weighted by molar-refractivity contribution is 7.52. The number of aromatic amines is 1. The average Bonchev–Trinajstić information content (AvgIpc) is 3.53. The third-order valence-electron chi connectivity index (χ3n) is 7.42. The molecule has 15 heteroatoms. The molecule has 2 aromatic heterocycles. The van der Waals surface area contributed by atoms with Crippen molar-refractivity contribution in [2.45, 2.75) is 65.8 Å². The summed E-state index contributed by atoms with van der Waals surface area (Å²) in [5.41, 5.74) is 5.46. The first-order chi connectivity index (χ1) is 21.5. The zero-order valence-electron chi connectivity index (χ0n) is 26.0. The van der Waals surface area contributed by atoms with Crippen molar-refractivity contribution < 1.29 is 32.7 Å². The van der Waals surface area contributed by atoms with E-state index in [1.54, 1.807) is 36.5 Å². The van der Waals surface area contributed by atoms with Crippen molar-refractivity contribution >= 4 is 43.0 Å². The van der Waals surface area contributed by atoms with Gasteiger partial charge in [-0.15, -0.1) is 0 Å². The Bertz CT molecular complexity index is 1620. The minimum atomic E-state index is -4.19. The molecule has 0 bridgehead atoms. The van der Waals surface area contributed by atoms with E-state index < -0.39 is 36.7 Å². The summed E-state index contributed by atoms with van der Waals surface area (Å²) in [7, 11) is -4.19. The quantitative estimate of drug-likeness (QED) is 0.139. The largest absolute Gasteiger partial charge is 0.465 e. The molecule has 1 aliphatic carbocycles. The highest BCUT2D eigenvalue weighted by Crippen LogP contribution is 2.56. The molecule has 2 unspecified atom stereocenters. The highest BCUT2D eigenvalue weighted by Gasteiger charge is 2.52. The zero-order valence-corrected chi connectivity index (χ0v) is 26.9. The molecule has 1 aromatic carbocycles. The predicted molar refractivity (Wildman–Crippen MR) is 168 cm³/mol. The van der Waals surface area contributed by atoms with Gasteiger partial charge in [0.05, 0.1) is 18.6 Å². The number of carbonyl (C=O) groups excluding carboxylic acids is 2. The topological polar surface area (TPSA) is 190 Å². The summed E-state index contributed by atoms with van der Waals surface area (Å²) in [6, 6.07) is 7.41. The molecule has 3 aromatic rings. The summed E-state index contributed by atoms with van der Waals surface area (Å²) in [4.78, 5) is 47.6. The van der Waals surface area contributed by atoms with Crippen LogP contribution in [0.1, 0.15) is 59.8 Å². The number of anilines is 1. The minimum Gasteiger partial charge on any atom is -0.465 e. The maximum atomic E-state index is 14.2. The number of nitrogens with zero attached hydrogens (tertiary/aromatic N) is 3. The fourth-order valence-electron chi connectivity index (χ4n) is 4.94. The van der Waals surface area contributed by atoms with Gasteiger partial charge in [0.2, 0.25) is 5.95 Å². The second kappa shape index (κ2) is 14.9. The van der Waals surface area contributed by atoms with Gasteiger partial charge >= 0.3 is 19.7 Å². The Kier molecular flexibility index (Phi) is 11.2. The van der Waals surface area contributed by atoms with Crippen LogP contribution in [0.3, 0.4) is 0 Å². The molecule has 244 valence electrons. The van der Waals surface area contributed by atoms with Crippen molar-refractivity contribution in [2.75, 3.05) is 25.6 Å². The van der Waals surface area contributed by atoms with E-state index in [2.05, 4.69) is 33.9 Å². The van der Waals surface area contributed by atoms with E-state index in [0.29, 0.717) is 6.42 Å². The van der Waals surface area contributed by atoms with E-state index in [-0.39, 0.29) is 48.6 Å². The molecule has 45 heavy (non-hydrogen) atoms. The number of hydrogen-bond donors (Lipinski definition) is 3. The highest BCUT2D eigenvalue weighted by atomic mass is 31.2. The number of carbonyl (C=O) groups is 2. The van der Waals surface area contributed by atoms with E-state index in [9.17, 15) is 18.9 Å². The Morgan fingerprint density at radius 1 is 1.18 bits per heavy atom. The van der Waals surface area contributed by atoms with Gasteiger partial charge in [-0.05, 0) is 49.8 Å². The first-order valence-electron chi connectivity index (χ1n) is 15.0. The van der Waals surface area contributed by atoms with E-state index >= 15 is 0 Å². The fraction of sp³-hybridized carbons (Fsp3) is 0.500. The molecule has 4 rings (SSSR count). The van der Waals surface area contributed by atoms with E-state index in [1.807, 2.05) is 0 Å². The molecule has 1 fully saturated rings. The molecule has 2 heterocycles. The maximum absolute atomic E-state index is 14.2. The van der Waals surface area contributed by atoms with Crippen molar-refractivity contribution in [3.05, 3.63) is 52.6 Å². The van der Waals surface area contributed by atoms with Crippen LogP contribution >= 0.6 is 7.75 Å². The van der Waals surface area contributed by atoms with Gasteiger partial charge < -0.3 is 19.7 Å². The van der Waals surface area contributed by atoms with Gasteiger partial charge in [-0.2, -0.15) is 10.1 Å². The third-order valence-corrected chi connectivity index (χ3v) is 9.05. The van der Waals surface area contributed by atoms with Crippen molar-refractivity contribution in [3.63, 3.8) is 0 Å². The number of nitrogens with one attached hydrogen (secondary N) is 2. The number of aromatic nitrogens is 4. The molecule has 4 N–H and O–H groups in total. The van der Waals surface area contributed by atoms with E-state index in [1.165, 1.54) is 24.7 Å². The summed E-state index contributed by atoms with van der Waals surface area (Å²) in [6.45, 7) is 6.99. The number of benzene rings is 1. The smallest absolute Gasteiger partial charge is 0.459 e. The van der Waals surface area contributed by atoms with Crippen molar-refractivity contribution in [2.24, 2.45) is 11.3 Å². The second-order valence-corrected chi connectivity index (χ2v) is 13.0. The second-order valence-electron chi connectivity index (χ2n) is 11.3. The van der Waals surface area contributed by atoms with Crippen LogP contribution in [-0.2, 0) is 28.2 Å². The summed E-state index contributed by atoms with van der Waals surface area (Å²) < 4.78 is 38.4. The lowest BCUT2D eigenvalue weighted by molar-refractivity contribution is -0.147. The molecule has 1 aliphatic rings. The van der Waals surface area contributed by atoms with Crippen LogP contribution < -0.4 is 20.9 Å². The Morgan fingerprint density at radius 2 is 1.89 bits per heavy atom. The molecule has 0 amide bonds. The summed E-state index contributed by atoms with van der Waals surface area (Å²) >= 11 is 0. The van der Waals surface area contributed by atoms with Gasteiger partial charge in [0.15, 0.2) is 11.2 Å². The van der Waals surface area contributed by atoms with Gasteiger partial charge in [0, 0.05) is 13.1 Å². The van der Waals surface area contributed by atoms with Gasteiger partial charge in [0.1, 0.15) is 24.7 Å². The lowest BCUT2D eigenvalue weighted by Gasteiger charge is -2.25. The average molecular weight is 645 g/mol. The van der Waals surface area contributed by atoms with Crippen LogP contribution in [0, 0.1) is 11.3 Å². The molecular formula is C30H41N6O8P. The first kappa shape index (κ1) is 33.9. The van der Waals surface area contributed by atoms with Gasteiger partial charge in [-0.25, -0.2) is 9.55 Å². The Labute approximate surface area is 261 Å². The van der Waals surface area contributed by atoms with Gasteiger partial charge in [-0.1, -0.05) is 44.9 Å². The van der Waals surface area contributed by atoms with Crippen LogP contribution in [0.2, 0.25) is 0 Å². The number of nitrogens with two attached hydrogens (primary N) is 1. The van der Waals surface area contributed by atoms with Crippen LogP contribution in [0.15, 0.2) is 47.0 Å². The zero-order chi connectivity index (χ0) is 32.6. The summed E-state index contributed by atoms with van der Waals surface area (Å²) in [5.74, 6) is -0.639. The summed E-state index contributed by atoms with van der Waals surface area (Å²) in [6.07, 6.45) is 7.35. The number of para-hydroxylation sites is 1. The molecule has 0 radical (unpaired) electrons. The number of imidazole rings is 1. The third kappa shape index (κ3) is 9.03. The Hall–Kier alpha value is -4.00. The normalized spacial score (nSPS) is 18.9. The summed E-state index contributed by atoms with van der Waals surface area (Å²) in [5, 5.41) is 2.72. The number of hydrogen-bond acceptors (Lipinski definition) is 11. The number of ether oxygens (including phenoxy) is 2.